The van der Waals surface area contributed by atoms with Gasteiger partial charge in [0.2, 0.25) is 11.2 Å². The van der Waals surface area contributed by atoms with Crippen LogP contribution in [-0.4, -0.2) is 102 Å². The van der Waals surface area contributed by atoms with Crippen molar-refractivity contribution in [1.29, 1.82) is 0 Å². The van der Waals surface area contributed by atoms with Crippen LogP contribution >= 0.6 is 0 Å². The molecule has 38 heavy (non-hydrogen) atoms. The molecule has 0 spiro atoms. The Morgan fingerprint density at radius 2 is 0.842 bits per heavy atom. The zero-order chi connectivity index (χ0) is 27.9. The highest BCUT2D eigenvalue weighted by Gasteiger charge is 2.88. The molecule has 4 heterocycles. The van der Waals surface area contributed by atoms with Gasteiger partial charge in [0.25, 0.3) is 0 Å². The Morgan fingerprint density at radius 1 is 0.526 bits per heavy atom. The number of hydrogen-bond donors (Lipinski definition) is 0. The molecule has 5 rings (SSSR count). The summed E-state index contributed by atoms with van der Waals surface area (Å²) in [6.45, 7) is 0. The molecule has 8 atom stereocenters. The fraction of sp³-hybridized carbons (Fsp3) is 0.583. The van der Waals surface area contributed by atoms with Crippen LogP contribution in [0.5, 0.6) is 0 Å². The van der Waals surface area contributed by atoms with E-state index >= 15 is 0 Å². The van der Waals surface area contributed by atoms with Crippen molar-refractivity contribution in [3.05, 3.63) is 22.3 Å². The van der Waals surface area contributed by atoms with Crippen LogP contribution in [0.1, 0.15) is 0 Å². The monoisotopic (exact) mass is 536 g/mol. The summed E-state index contributed by atoms with van der Waals surface area (Å²) in [7, 11) is 6.42. The molecule has 8 unspecified atom stereocenters. The normalized spacial score (nSPS) is 37.1. The number of rotatable bonds is 6. The van der Waals surface area contributed by atoms with Gasteiger partial charge in [-0.15, -0.1) is 0 Å². The van der Waals surface area contributed by atoms with E-state index in [1.54, 1.807) is 0 Å². The summed E-state index contributed by atoms with van der Waals surface area (Å²) in [5.41, 5.74) is -5.74. The Hall–Kier alpha value is -3.78. The van der Waals surface area contributed by atoms with E-state index in [2.05, 4.69) is 0 Å². The maximum Gasteiger partial charge on any atom is 0.343 e. The van der Waals surface area contributed by atoms with Crippen LogP contribution in [0.15, 0.2) is 22.3 Å². The van der Waals surface area contributed by atoms with Gasteiger partial charge in [0, 0.05) is 23.7 Å². The number of carbonyl (C=O) groups is 6. The van der Waals surface area contributed by atoms with Gasteiger partial charge in [-0.25, -0.2) is 28.8 Å². The zero-order valence-electron chi connectivity index (χ0n) is 21.2. The molecular formula is C24H24O14. The molecule has 4 aliphatic heterocycles. The number of esters is 6. The average molecular weight is 536 g/mol. The molecule has 0 aromatic heterocycles. The Bertz CT molecular complexity index is 1160. The molecule has 14 heteroatoms. The predicted molar refractivity (Wildman–Crippen MR) is 115 cm³/mol. The van der Waals surface area contributed by atoms with Crippen molar-refractivity contribution >= 4 is 35.8 Å². The molecule has 0 N–H and O–H groups in total. The second-order valence-corrected chi connectivity index (χ2v) is 9.28. The zero-order valence-corrected chi connectivity index (χ0v) is 21.2. The van der Waals surface area contributed by atoms with Crippen molar-refractivity contribution in [2.45, 2.75) is 23.4 Å². The first kappa shape index (κ1) is 25.9. The van der Waals surface area contributed by atoms with Gasteiger partial charge in [-0.05, 0) is 0 Å². The smallest absolute Gasteiger partial charge is 0.343 e. The van der Waals surface area contributed by atoms with Crippen molar-refractivity contribution < 1.29 is 66.7 Å². The minimum Gasteiger partial charge on any atom is -0.467 e. The highest BCUT2D eigenvalue weighted by atomic mass is 16.6. The Kier molecular flexibility index (Phi) is 5.69. The van der Waals surface area contributed by atoms with E-state index in [9.17, 15) is 28.8 Å². The van der Waals surface area contributed by atoms with E-state index in [-0.39, 0.29) is 11.1 Å². The van der Waals surface area contributed by atoms with Crippen molar-refractivity contribution in [2.24, 2.45) is 23.7 Å². The summed E-state index contributed by atoms with van der Waals surface area (Å²) in [6, 6.07) is 0. The third-order valence-electron chi connectivity index (χ3n) is 8.34. The molecule has 5 aliphatic rings. The number of hydrogen-bond acceptors (Lipinski definition) is 14. The maximum absolute atomic E-state index is 13.4. The highest BCUT2D eigenvalue weighted by Crippen LogP contribution is 2.76. The fourth-order valence-corrected chi connectivity index (χ4v) is 7.25. The lowest BCUT2D eigenvalue weighted by molar-refractivity contribution is -0.181. The standard InChI is InChI=1S/C24H24O14/c1-31-17(25)9-13(19(27)33-3)23(21(29)35-5)11-7(15(9)37-23)8-12(11)24(22(30)36-6)14(20(28)34-4)10(16(8)38-24)18(26)32-2/h7-8,11-12,15-16H,1-6H3. The van der Waals surface area contributed by atoms with E-state index in [4.69, 9.17) is 37.9 Å². The van der Waals surface area contributed by atoms with Crippen LogP contribution in [0.3, 0.4) is 0 Å². The number of carbonyl (C=O) groups excluding carboxylic acids is 6. The first-order valence-corrected chi connectivity index (χ1v) is 11.4. The summed E-state index contributed by atoms with van der Waals surface area (Å²) in [5, 5.41) is 0. The Morgan fingerprint density at radius 3 is 1.11 bits per heavy atom. The lowest BCUT2D eigenvalue weighted by atomic mass is 9.41. The molecule has 0 radical (unpaired) electrons. The third-order valence-corrected chi connectivity index (χ3v) is 8.34. The van der Waals surface area contributed by atoms with E-state index < -0.39 is 94.0 Å². The molecule has 204 valence electrons. The second kappa shape index (κ2) is 8.36. The van der Waals surface area contributed by atoms with Crippen molar-refractivity contribution in [2.75, 3.05) is 42.7 Å². The lowest BCUT2D eigenvalue weighted by Gasteiger charge is -2.56. The van der Waals surface area contributed by atoms with Gasteiger partial charge in [0.1, 0.15) is 0 Å². The first-order valence-electron chi connectivity index (χ1n) is 11.4. The van der Waals surface area contributed by atoms with E-state index in [1.807, 2.05) is 0 Å². The summed E-state index contributed by atoms with van der Waals surface area (Å²) in [4.78, 5) is 78.6. The van der Waals surface area contributed by atoms with E-state index in [0.717, 1.165) is 42.7 Å². The van der Waals surface area contributed by atoms with Crippen molar-refractivity contribution in [3.63, 3.8) is 0 Å². The van der Waals surface area contributed by atoms with Gasteiger partial charge < -0.3 is 37.9 Å². The Balaban J connectivity index is 1.79. The Labute approximate surface area is 215 Å². The summed E-state index contributed by atoms with van der Waals surface area (Å²) in [5.74, 6) is -9.58. The SMILES string of the molecule is COC(=O)C1=C(C(=O)OC)C2(C(=O)OC)OC1C1C3C4OC(C(=O)OC)(C(C(=O)OC)=C4C(=O)OC)C3C12. The molecule has 4 bridgehead atoms. The largest absolute Gasteiger partial charge is 0.467 e. The topological polar surface area (TPSA) is 176 Å². The summed E-state index contributed by atoms with van der Waals surface area (Å²) in [6.07, 6.45) is -2.36. The second-order valence-electron chi connectivity index (χ2n) is 9.28. The van der Waals surface area contributed by atoms with Crippen LogP contribution in [0.2, 0.25) is 0 Å². The minimum atomic E-state index is -2.20. The number of ether oxygens (including phenoxy) is 8. The fourth-order valence-electron chi connectivity index (χ4n) is 7.25. The molecular weight excluding hydrogens is 512 g/mol. The number of fused-ring (bicyclic) bond motifs is 12. The predicted octanol–water partition coefficient (Wildman–Crippen LogP) is -1.60. The quantitative estimate of drug-likeness (QED) is 0.280. The van der Waals surface area contributed by atoms with Crippen LogP contribution in [0.4, 0.5) is 0 Å². The first-order chi connectivity index (χ1) is 18.1. The molecule has 0 aromatic rings. The van der Waals surface area contributed by atoms with Crippen LogP contribution in [0.25, 0.3) is 0 Å². The molecule has 3 fully saturated rings. The molecule has 1 aliphatic carbocycles. The van der Waals surface area contributed by atoms with Crippen LogP contribution in [-0.2, 0) is 66.7 Å². The van der Waals surface area contributed by atoms with Gasteiger partial charge in [-0.1, -0.05) is 0 Å². The van der Waals surface area contributed by atoms with E-state index in [0.29, 0.717) is 0 Å². The molecule has 0 aromatic carbocycles. The average Bonchev–Trinajstić information content (AvgIpc) is 3.61. The maximum atomic E-state index is 13.4. The molecule has 14 nitrogen and oxygen atoms in total. The third kappa shape index (κ3) is 2.59. The van der Waals surface area contributed by atoms with Crippen molar-refractivity contribution in [3.8, 4) is 0 Å². The van der Waals surface area contributed by atoms with E-state index in [1.165, 1.54) is 0 Å². The lowest BCUT2D eigenvalue weighted by Crippen LogP contribution is -2.69. The van der Waals surface area contributed by atoms with Gasteiger partial charge in [-0.3, -0.25) is 0 Å². The molecule has 1 saturated carbocycles. The minimum absolute atomic E-state index is 0.240. The number of methoxy groups -OCH3 is 6. The molecule has 0 amide bonds. The van der Waals surface area contributed by atoms with Gasteiger partial charge in [0.05, 0.1) is 77.2 Å². The van der Waals surface area contributed by atoms with Gasteiger partial charge in [-0.2, -0.15) is 0 Å². The summed E-state index contributed by atoms with van der Waals surface area (Å²) < 4.78 is 41.8. The van der Waals surface area contributed by atoms with Gasteiger partial charge in [0.15, 0.2) is 0 Å². The summed E-state index contributed by atoms with van der Waals surface area (Å²) >= 11 is 0. The highest BCUT2D eigenvalue weighted by molar-refractivity contribution is 6.12. The van der Waals surface area contributed by atoms with Crippen LogP contribution < -0.4 is 0 Å². The van der Waals surface area contributed by atoms with Crippen molar-refractivity contribution in [1.82, 2.24) is 0 Å². The van der Waals surface area contributed by atoms with Crippen LogP contribution in [0, 0.1) is 23.7 Å². The molecule has 2 saturated heterocycles. The van der Waals surface area contributed by atoms with Gasteiger partial charge >= 0.3 is 35.8 Å².